The van der Waals surface area contributed by atoms with Crippen LogP contribution in [0.2, 0.25) is 0 Å². The molecule has 7 heteroatoms. The van der Waals surface area contributed by atoms with Gasteiger partial charge in [0.2, 0.25) is 0 Å². The molecule has 0 unspecified atom stereocenters. The van der Waals surface area contributed by atoms with Gasteiger partial charge in [-0.1, -0.05) is 12.1 Å². The van der Waals surface area contributed by atoms with Crippen LogP contribution in [0.3, 0.4) is 0 Å². The minimum absolute atomic E-state index is 0.150. The van der Waals surface area contributed by atoms with Crippen LogP contribution in [-0.2, 0) is 16.9 Å². The molecular weight excluding hydrogens is 324 g/mol. The molecule has 1 aromatic heterocycles. The lowest BCUT2D eigenvalue weighted by atomic mass is 9.91. The van der Waals surface area contributed by atoms with Gasteiger partial charge in [-0.15, -0.1) is 11.3 Å². The second-order valence-electron chi connectivity index (χ2n) is 5.89. The number of thiazole rings is 1. The van der Waals surface area contributed by atoms with Crippen LogP contribution in [0.1, 0.15) is 33.6 Å². The van der Waals surface area contributed by atoms with E-state index in [0.29, 0.717) is 11.1 Å². The molecule has 1 aliphatic rings. The fourth-order valence-corrected chi connectivity index (χ4v) is 3.60. The van der Waals surface area contributed by atoms with Crippen LogP contribution in [0.4, 0.5) is 4.79 Å². The maximum atomic E-state index is 12.9. The van der Waals surface area contributed by atoms with E-state index in [1.54, 1.807) is 31.2 Å². The van der Waals surface area contributed by atoms with Crippen LogP contribution in [0.15, 0.2) is 24.3 Å². The Balaban J connectivity index is 1.91. The predicted octanol–water partition coefficient (Wildman–Crippen LogP) is 2.60. The van der Waals surface area contributed by atoms with Crippen molar-refractivity contribution in [1.29, 1.82) is 5.26 Å². The number of nitrogens with zero attached hydrogens (tertiary/aromatic N) is 3. The molecule has 2 heterocycles. The standard InChI is InChI=1S/C17H16N4O2S/c1-10-11(2)24-14(19-10)9-21-15(22)17(3,20-16(21)23)13-6-4-5-12(7-13)8-18/h4-7H,9H2,1-3H3,(H,20,23)/t17-/m1/s1. The van der Waals surface area contributed by atoms with Crippen LogP contribution < -0.4 is 5.32 Å². The summed E-state index contributed by atoms with van der Waals surface area (Å²) in [5.41, 5.74) is 0.770. The first-order valence-corrected chi connectivity index (χ1v) is 8.24. The molecule has 0 radical (unpaired) electrons. The minimum Gasteiger partial charge on any atom is -0.319 e. The summed E-state index contributed by atoms with van der Waals surface area (Å²) in [4.78, 5) is 31.8. The molecule has 1 aliphatic heterocycles. The smallest absolute Gasteiger partial charge is 0.319 e. The number of rotatable bonds is 3. The molecule has 122 valence electrons. The molecule has 6 nitrogen and oxygen atoms in total. The summed E-state index contributed by atoms with van der Waals surface area (Å²) in [5.74, 6) is -0.340. The Hall–Kier alpha value is -2.72. The highest BCUT2D eigenvalue weighted by Gasteiger charge is 2.49. The van der Waals surface area contributed by atoms with Crippen molar-refractivity contribution < 1.29 is 9.59 Å². The number of carbonyl (C=O) groups excluding carboxylic acids is 2. The van der Waals surface area contributed by atoms with E-state index in [1.165, 1.54) is 16.2 Å². The van der Waals surface area contributed by atoms with E-state index in [2.05, 4.69) is 10.3 Å². The third kappa shape index (κ3) is 2.55. The Morgan fingerprint density at radius 1 is 1.38 bits per heavy atom. The molecule has 1 N–H and O–H groups in total. The van der Waals surface area contributed by atoms with Crippen molar-refractivity contribution in [2.45, 2.75) is 32.9 Å². The molecule has 0 bridgehead atoms. The molecule has 3 rings (SSSR count). The largest absolute Gasteiger partial charge is 0.325 e. The molecule has 2 aromatic rings. The fourth-order valence-electron chi connectivity index (χ4n) is 2.68. The van der Waals surface area contributed by atoms with Gasteiger partial charge in [-0.25, -0.2) is 9.78 Å². The second-order valence-corrected chi connectivity index (χ2v) is 7.18. The van der Waals surface area contributed by atoms with E-state index >= 15 is 0 Å². The first kappa shape index (κ1) is 16.1. The third-order valence-corrected chi connectivity index (χ3v) is 5.27. The highest BCUT2D eigenvalue weighted by Crippen LogP contribution is 2.31. The summed E-state index contributed by atoms with van der Waals surface area (Å²) in [7, 11) is 0. The molecule has 0 spiro atoms. The van der Waals surface area contributed by atoms with Gasteiger partial charge in [0.05, 0.1) is 23.9 Å². The lowest BCUT2D eigenvalue weighted by Crippen LogP contribution is -2.40. The van der Waals surface area contributed by atoms with E-state index in [1.807, 2.05) is 19.9 Å². The normalized spacial score (nSPS) is 20.2. The molecule has 1 aromatic carbocycles. The van der Waals surface area contributed by atoms with Gasteiger partial charge in [0.15, 0.2) is 0 Å². The van der Waals surface area contributed by atoms with Crippen LogP contribution in [-0.4, -0.2) is 21.8 Å². The average Bonchev–Trinajstić information content (AvgIpc) is 2.99. The van der Waals surface area contributed by atoms with Crippen LogP contribution in [0.5, 0.6) is 0 Å². The predicted molar refractivity (Wildman–Crippen MR) is 89.2 cm³/mol. The number of urea groups is 1. The monoisotopic (exact) mass is 340 g/mol. The van der Waals surface area contributed by atoms with E-state index in [0.717, 1.165) is 15.6 Å². The zero-order valence-corrected chi connectivity index (χ0v) is 14.4. The summed E-state index contributed by atoms with van der Waals surface area (Å²) in [6.07, 6.45) is 0. The number of hydrogen-bond acceptors (Lipinski definition) is 5. The molecule has 3 amide bonds. The lowest BCUT2D eigenvalue weighted by molar-refractivity contribution is -0.131. The van der Waals surface area contributed by atoms with Crippen molar-refractivity contribution in [1.82, 2.24) is 15.2 Å². The molecule has 1 fully saturated rings. The number of carbonyl (C=O) groups is 2. The summed E-state index contributed by atoms with van der Waals surface area (Å²) in [6, 6.07) is 8.32. The number of imide groups is 1. The molecular formula is C17H16N4O2S. The Kier molecular flexibility index (Phi) is 3.85. The maximum Gasteiger partial charge on any atom is 0.325 e. The summed E-state index contributed by atoms with van der Waals surface area (Å²) >= 11 is 1.48. The van der Waals surface area contributed by atoms with Gasteiger partial charge in [0.25, 0.3) is 5.91 Å². The lowest BCUT2D eigenvalue weighted by Gasteiger charge is -2.22. The molecule has 0 saturated carbocycles. The van der Waals surface area contributed by atoms with Gasteiger partial charge in [0, 0.05) is 4.88 Å². The van der Waals surface area contributed by atoms with E-state index in [9.17, 15) is 9.59 Å². The topological polar surface area (TPSA) is 86.1 Å². The Labute approximate surface area is 143 Å². The fraction of sp³-hybridized carbons (Fsp3) is 0.294. The summed E-state index contributed by atoms with van der Waals surface area (Å²) in [6.45, 7) is 5.66. The zero-order chi connectivity index (χ0) is 17.5. The average molecular weight is 340 g/mol. The SMILES string of the molecule is Cc1nc(CN2C(=O)N[C@](C)(c3cccc(C#N)c3)C2=O)sc1C. The Morgan fingerprint density at radius 2 is 2.12 bits per heavy atom. The quantitative estimate of drug-likeness (QED) is 0.870. The van der Waals surface area contributed by atoms with Gasteiger partial charge in [-0.3, -0.25) is 9.69 Å². The number of hydrogen-bond donors (Lipinski definition) is 1. The second kappa shape index (κ2) is 5.73. The maximum absolute atomic E-state index is 12.9. The highest BCUT2D eigenvalue weighted by atomic mass is 32.1. The van der Waals surface area contributed by atoms with Crippen molar-refractivity contribution in [3.05, 3.63) is 51.0 Å². The van der Waals surface area contributed by atoms with Crippen LogP contribution in [0, 0.1) is 25.2 Å². The van der Waals surface area contributed by atoms with E-state index in [4.69, 9.17) is 5.26 Å². The highest BCUT2D eigenvalue weighted by molar-refractivity contribution is 7.11. The van der Waals surface area contributed by atoms with E-state index < -0.39 is 11.6 Å². The minimum atomic E-state index is -1.18. The van der Waals surface area contributed by atoms with Crippen molar-refractivity contribution in [3.8, 4) is 6.07 Å². The molecule has 24 heavy (non-hydrogen) atoms. The van der Waals surface area contributed by atoms with Gasteiger partial charge in [0.1, 0.15) is 10.5 Å². The molecule has 1 atom stereocenters. The Bertz CT molecular complexity index is 863. The number of aryl methyl sites for hydroxylation is 2. The first-order chi connectivity index (χ1) is 11.3. The van der Waals surface area contributed by atoms with Crippen LogP contribution in [0.25, 0.3) is 0 Å². The molecule has 1 saturated heterocycles. The Morgan fingerprint density at radius 3 is 2.75 bits per heavy atom. The first-order valence-electron chi connectivity index (χ1n) is 7.43. The van der Waals surface area contributed by atoms with Crippen molar-refractivity contribution >= 4 is 23.3 Å². The summed E-state index contributed by atoms with van der Waals surface area (Å²) < 4.78 is 0. The zero-order valence-electron chi connectivity index (χ0n) is 13.6. The summed E-state index contributed by atoms with van der Waals surface area (Å²) in [5, 5.41) is 12.5. The van der Waals surface area contributed by atoms with Crippen LogP contribution >= 0.6 is 11.3 Å². The number of benzene rings is 1. The number of aromatic nitrogens is 1. The van der Waals surface area contributed by atoms with Gasteiger partial charge >= 0.3 is 6.03 Å². The van der Waals surface area contributed by atoms with Gasteiger partial charge < -0.3 is 5.32 Å². The third-order valence-electron chi connectivity index (χ3n) is 4.21. The number of amides is 3. The van der Waals surface area contributed by atoms with Crippen molar-refractivity contribution in [2.24, 2.45) is 0 Å². The number of nitriles is 1. The van der Waals surface area contributed by atoms with Gasteiger partial charge in [-0.2, -0.15) is 5.26 Å². The van der Waals surface area contributed by atoms with Crippen molar-refractivity contribution in [2.75, 3.05) is 0 Å². The van der Waals surface area contributed by atoms with Crippen molar-refractivity contribution in [3.63, 3.8) is 0 Å². The molecule has 0 aliphatic carbocycles. The van der Waals surface area contributed by atoms with Gasteiger partial charge in [-0.05, 0) is 38.5 Å². The van der Waals surface area contributed by atoms with E-state index in [-0.39, 0.29) is 12.5 Å². The number of nitrogens with one attached hydrogen (secondary N) is 1.